The van der Waals surface area contributed by atoms with E-state index in [9.17, 15) is 4.79 Å². The maximum Gasteiger partial charge on any atom is 0.246 e. The van der Waals surface area contributed by atoms with E-state index in [4.69, 9.17) is 0 Å². The highest BCUT2D eigenvalue weighted by Crippen LogP contribution is 2.20. The lowest BCUT2D eigenvalue weighted by Crippen LogP contribution is -2.34. The van der Waals surface area contributed by atoms with Crippen molar-refractivity contribution in [3.63, 3.8) is 0 Å². The van der Waals surface area contributed by atoms with Crippen LogP contribution in [0.15, 0.2) is 97.2 Å². The molecule has 2 N–H and O–H groups in total. The number of amides is 1. The zero-order chi connectivity index (χ0) is 22.2. The number of carbonyl (C=O) groups excluding carboxylic acids is 1. The van der Waals surface area contributed by atoms with Crippen molar-refractivity contribution in [1.29, 1.82) is 0 Å². The number of aryl methyl sites for hydroxylation is 1. The first kappa shape index (κ1) is 21.4. The Morgan fingerprint density at radius 3 is 2.31 bits per heavy atom. The van der Waals surface area contributed by atoms with Crippen LogP contribution >= 0.6 is 0 Å². The largest absolute Gasteiger partial charge is 0.324 e. The molecule has 0 aliphatic rings. The van der Waals surface area contributed by atoms with Gasteiger partial charge in [-0.25, -0.2) is 0 Å². The molecule has 5 nitrogen and oxygen atoms in total. The summed E-state index contributed by atoms with van der Waals surface area (Å²) >= 11 is 0. The number of nitrogens with one attached hydrogen (secondary N) is 2. The molecule has 160 valence electrons. The third-order valence-electron chi connectivity index (χ3n) is 5.30. The van der Waals surface area contributed by atoms with Gasteiger partial charge in [0.2, 0.25) is 5.91 Å². The predicted molar refractivity (Wildman–Crippen MR) is 128 cm³/mol. The molecular weight excluding hydrogens is 396 g/mol. The summed E-state index contributed by atoms with van der Waals surface area (Å²) in [6.45, 7) is 2.78. The summed E-state index contributed by atoms with van der Waals surface area (Å²) < 4.78 is 0. The van der Waals surface area contributed by atoms with Crippen molar-refractivity contribution in [2.45, 2.75) is 19.4 Å². The van der Waals surface area contributed by atoms with E-state index < -0.39 is 6.04 Å². The van der Waals surface area contributed by atoms with Crippen LogP contribution in [0, 0.1) is 6.92 Å². The van der Waals surface area contributed by atoms with Gasteiger partial charge in [0.05, 0.1) is 5.69 Å². The van der Waals surface area contributed by atoms with E-state index in [2.05, 4.69) is 52.0 Å². The molecule has 0 fully saturated rings. The van der Waals surface area contributed by atoms with E-state index in [1.807, 2.05) is 66.7 Å². The van der Waals surface area contributed by atoms with E-state index in [1.165, 1.54) is 11.1 Å². The predicted octanol–water partition coefficient (Wildman–Crippen LogP) is 4.96. The van der Waals surface area contributed by atoms with Crippen molar-refractivity contribution in [3.05, 3.63) is 114 Å². The van der Waals surface area contributed by atoms with E-state index in [0.29, 0.717) is 6.54 Å². The zero-order valence-electron chi connectivity index (χ0n) is 18.0. The van der Waals surface area contributed by atoms with Gasteiger partial charge in [-0.05, 0) is 48.7 Å². The van der Waals surface area contributed by atoms with Crippen molar-refractivity contribution in [3.8, 4) is 11.3 Å². The Hall–Kier alpha value is -3.83. The van der Waals surface area contributed by atoms with E-state index in [-0.39, 0.29) is 5.91 Å². The van der Waals surface area contributed by atoms with Gasteiger partial charge in [-0.2, -0.15) is 10.2 Å². The average Bonchev–Trinajstić information content (AvgIpc) is 2.84. The van der Waals surface area contributed by atoms with E-state index in [1.54, 1.807) is 6.20 Å². The third-order valence-corrected chi connectivity index (χ3v) is 5.30. The van der Waals surface area contributed by atoms with Gasteiger partial charge in [0.25, 0.3) is 0 Å². The second kappa shape index (κ2) is 10.5. The number of nitrogens with zero attached hydrogens (tertiary/aromatic N) is 2. The van der Waals surface area contributed by atoms with Gasteiger partial charge in [0.15, 0.2) is 0 Å². The number of anilines is 1. The second-order valence-corrected chi connectivity index (χ2v) is 7.71. The standard InChI is InChI=1S/C27H26N4O/c1-20-9-11-21(12-10-20)17-19-28-26(23-6-3-2-4-7-23)27(32)30-24-15-13-22(14-16-24)25-8-5-18-29-31-25/h2-16,18,26,28H,17,19H2,1H3,(H,30,32)/t26-/m1/s1. The molecule has 0 saturated heterocycles. The van der Waals surface area contributed by atoms with Crippen LogP contribution in [-0.2, 0) is 11.2 Å². The lowest BCUT2D eigenvalue weighted by Gasteiger charge is -2.19. The summed E-state index contributed by atoms with van der Waals surface area (Å²) in [5, 5.41) is 14.5. The van der Waals surface area contributed by atoms with Crippen LogP contribution in [0.4, 0.5) is 5.69 Å². The zero-order valence-corrected chi connectivity index (χ0v) is 18.0. The number of hydrogen-bond donors (Lipinski definition) is 2. The van der Waals surface area contributed by atoms with Crippen LogP contribution in [-0.4, -0.2) is 22.6 Å². The molecule has 0 radical (unpaired) electrons. The van der Waals surface area contributed by atoms with Crippen molar-refractivity contribution >= 4 is 11.6 Å². The molecule has 1 heterocycles. The van der Waals surface area contributed by atoms with Gasteiger partial charge in [-0.15, -0.1) is 0 Å². The summed E-state index contributed by atoms with van der Waals surface area (Å²) in [4.78, 5) is 13.2. The average molecular weight is 423 g/mol. The molecule has 0 aliphatic carbocycles. The van der Waals surface area contributed by atoms with Crippen molar-refractivity contribution in [2.24, 2.45) is 0 Å². The van der Waals surface area contributed by atoms with Crippen LogP contribution < -0.4 is 10.6 Å². The van der Waals surface area contributed by atoms with Crippen LogP contribution in [0.25, 0.3) is 11.3 Å². The molecule has 0 bridgehead atoms. The summed E-state index contributed by atoms with van der Waals surface area (Å²) in [6, 6.07) is 29.2. The summed E-state index contributed by atoms with van der Waals surface area (Å²) in [6.07, 6.45) is 2.50. The minimum atomic E-state index is -0.443. The molecule has 1 aromatic heterocycles. The molecule has 32 heavy (non-hydrogen) atoms. The molecule has 4 rings (SSSR count). The van der Waals surface area contributed by atoms with Gasteiger partial charge in [-0.1, -0.05) is 72.3 Å². The van der Waals surface area contributed by atoms with Crippen LogP contribution in [0.5, 0.6) is 0 Å². The Bertz CT molecular complexity index is 1130. The normalized spacial score (nSPS) is 11.7. The topological polar surface area (TPSA) is 66.9 Å². The molecule has 0 saturated carbocycles. The van der Waals surface area contributed by atoms with Gasteiger partial charge in [0.1, 0.15) is 6.04 Å². The number of hydrogen-bond acceptors (Lipinski definition) is 4. The Balaban J connectivity index is 1.43. The molecule has 3 aromatic carbocycles. The number of carbonyl (C=O) groups is 1. The maximum atomic E-state index is 13.2. The van der Waals surface area contributed by atoms with Crippen molar-refractivity contribution in [2.75, 3.05) is 11.9 Å². The van der Waals surface area contributed by atoms with Gasteiger partial charge >= 0.3 is 0 Å². The first-order chi connectivity index (χ1) is 15.7. The van der Waals surface area contributed by atoms with Crippen LogP contribution in [0.2, 0.25) is 0 Å². The summed E-state index contributed by atoms with van der Waals surface area (Å²) in [5.74, 6) is -0.0904. The third kappa shape index (κ3) is 5.65. The van der Waals surface area contributed by atoms with Crippen molar-refractivity contribution in [1.82, 2.24) is 15.5 Å². The molecular formula is C27H26N4O. The monoisotopic (exact) mass is 422 g/mol. The first-order valence-electron chi connectivity index (χ1n) is 10.7. The second-order valence-electron chi connectivity index (χ2n) is 7.71. The van der Waals surface area contributed by atoms with Gasteiger partial charge in [-0.3, -0.25) is 4.79 Å². The molecule has 1 amide bonds. The molecule has 1 atom stereocenters. The Morgan fingerprint density at radius 2 is 1.62 bits per heavy atom. The van der Waals surface area contributed by atoms with Crippen molar-refractivity contribution < 1.29 is 4.79 Å². The minimum absolute atomic E-state index is 0.0904. The smallest absolute Gasteiger partial charge is 0.246 e. The Kier molecular flexibility index (Phi) is 7.00. The van der Waals surface area contributed by atoms with Gasteiger partial charge in [0, 0.05) is 24.0 Å². The lowest BCUT2D eigenvalue weighted by molar-refractivity contribution is -0.118. The highest BCUT2D eigenvalue weighted by atomic mass is 16.2. The van der Waals surface area contributed by atoms with E-state index in [0.717, 1.165) is 28.9 Å². The fourth-order valence-electron chi connectivity index (χ4n) is 3.52. The Labute approximate surface area is 188 Å². The van der Waals surface area contributed by atoms with Crippen LogP contribution in [0.1, 0.15) is 22.7 Å². The highest BCUT2D eigenvalue weighted by Gasteiger charge is 2.20. The fourth-order valence-corrected chi connectivity index (χ4v) is 3.52. The van der Waals surface area contributed by atoms with Crippen LogP contribution in [0.3, 0.4) is 0 Å². The quantitative estimate of drug-likeness (QED) is 0.421. The minimum Gasteiger partial charge on any atom is -0.324 e. The number of aromatic nitrogens is 2. The summed E-state index contributed by atoms with van der Waals surface area (Å²) in [5.41, 5.74) is 5.91. The maximum absolute atomic E-state index is 13.2. The van der Waals surface area contributed by atoms with Gasteiger partial charge < -0.3 is 10.6 Å². The van der Waals surface area contributed by atoms with E-state index >= 15 is 0 Å². The summed E-state index contributed by atoms with van der Waals surface area (Å²) in [7, 11) is 0. The number of benzene rings is 3. The molecule has 0 spiro atoms. The number of rotatable bonds is 8. The Morgan fingerprint density at radius 1 is 0.875 bits per heavy atom. The lowest BCUT2D eigenvalue weighted by atomic mass is 10.0. The SMILES string of the molecule is Cc1ccc(CCN[C@@H](C(=O)Nc2ccc(-c3cccnn3)cc2)c2ccccc2)cc1. The first-order valence-corrected chi connectivity index (χ1v) is 10.7. The molecule has 0 aliphatic heterocycles. The molecule has 0 unspecified atom stereocenters. The molecule has 5 heteroatoms. The highest BCUT2D eigenvalue weighted by molar-refractivity contribution is 5.95. The molecule has 4 aromatic rings. The fraction of sp³-hybridized carbons (Fsp3) is 0.148.